The zero-order valence-corrected chi connectivity index (χ0v) is 9.55. The van der Waals surface area contributed by atoms with Crippen molar-refractivity contribution in [1.82, 2.24) is 0 Å². The van der Waals surface area contributed by atoms with E-state index in [1.165, 1.54) is 13.2 Å². The van der Waals surface area contributed by atoms with Crippen LogP contribution in [0.1, 0.15) is 12.0 Å². The van der Waals surface area contributed by atoms with E-state index in [-0.39, 0.29) is 5.82 Å². The first-order chi connectivity index (χ1) is 6.79. The summed E-state index contributed by atoms with van der Waals surface area (Å²) in [7, 11) is 1.47. The van der Waals surface area contributed by atoms with Gasteiger partial charge in [-0.15, -0.1) is 0 Å². The maximum atomic E-state index is 13.2. The summed E-state index contributed by atoms with van der Waals surface area (Å²) < 4.78 is 18.2. The van der Waals surface area contributed by atoms with Crippen molar-refractivity contribution in [1.29, 1.82) is 0 Å². The van der Waals surface area contributed by atoms with Gasteiger partial charge in [0.25, 0.3) is 0 Å². The Balaban J connectivity index is 2.90. The molecule has 0 heterocycles. The monoisotopic (exact) mass is 258 g/mol. The highest BCUT2D eigenvalue weighted by molar-refractivity contribution is 9.09. The van der Waals surface area contributed by atoms with Gasteiger partial charge in [-0.1, -0.05) is 40.2 Å². The molecular weight excluding hydrogens is 247 g/mol. The SMILES string of the molecule is COc1c(F)cccc1C=CCCBr. The number of methoxy groups -OCH3 is 1. The van der Waals surface area contributed by atoms with Crippen molar-refractivity contribution in [3.8, 4) is 5.75 Å². The molecule has 0 amide bonds. The van der Waals surface area contributed by atoms with E-state index >= 15 is 0 Å². The van der Waals surface area contributed by atoms with Crippen LogP contribution in [0.2, 0.25) is 0 Å². The topological polar surface area (TPSA) is 9.23 Å². The average molecular weight is 259 g/mol. The summed E-state index contributed by atoms with van der Waals surface area (Å²) in [6.45, 7) is 0. The molecule has 0 atom stereocenters. The summed E-state index contributed by atoms with van der Waals surface area (Å²) in [5.74, 6) is -0.0215. The molecular formula is C11H12BrFO. The second-order valence-electron chi connectivity index (χ2n) is 2.74. The van der Waals surface area contributed by atoms with Crippen molar-refractivity contribution in [3.63, 3.8) is 0 Å². The van der Waals surface area contributed by atoms with Crippen LogP contribution in [0, 0.1) is 5.82 Å². The van der Waals surface area contributed by atoms with Gasteiger partial charge >= 0.3 is 0 Å². The molecule has 0 aliphatic rings. The van der Waals surface area contributed by atoms with Gasteiger partial charge < -0.3 is 4.74 Å². The van der Waals surface area contributed by atoms with Gasteiger partial charge in [-0.3, -0.25) is 0 Å². The Hall–Kier alpha value is -0.830. The van der Waals surface area contributed by atoms with E-state index in [2.05, 4.69) is 15.9 Å². The molecule has 0 aliphatic heterocycles. The summed E-state index contributed by atoms with van der Waals surface area (Å²) in [6.07, 6.45) is 4.76. The lowest BCUT2D eigenvalue weighted by Crippen LogP contribution is -1.90. The molecule has 1 aromatic carbocycles. The highest BCUT2D eigenvalue weighted by Crippen LogP contribution is 2.23. The number of ether oxygens (including phenoxy) is 1. The van der Waals surface area contributed by atoms with Gasteiger partial charge in [0.2, 0.25) is 0 Å². The predicted molar refractivity (Wildman–Crippen MR) is 60.4 cm³/mol. The van der Waals surface area contributed by atoms with Crippen LogP contribution in [-0.2, 0) is 0 Å². The molecule has 1 nitrogen and oxygen atoms in total. The first-order valence-corrected chi connectivity index (χ1v) is 5.46. The molecule has 0 aromatic heterocycles. The van der Waals surface area contributed by atoms with E-state index < -0.39 is 0 Å². The van der Waals surface area contributed by atoms with E-state index in [4.69, 9.17) is 4.74 Å². The van der Waals surface area contributed by atoms with Crippen molar-refractivity contribution in [3.05, 3.63) is 35.7 Å². The zero-order valence-electron chi connectivity index (χ0n) is 7.97. The van der Waals surface area contributed by atoms with Crippen LogP contribution < -0.4 is 4.74 Å². The number of hydrogen-bond acceptors (Lipinski definition) is 1. The molecule has 0 saturated carbocycles. The fourth-order valence-electron chi connectivity index (χ4n) is 1.15. The molecule has 76 valence electrons. The molecule has 0 bridgehead atoms. The quantitative estimate of drug-likeness (QED) is 0.750. The van der Waals surface area contributed by atoms with Crippen LogP contribution >= 0.6 is 15.9 Å². The second kappa shape index (κ2) is 5.81. The third kappa shape index (κ3) is 2.84. The van der Waals surface area contributed by atoms with Crippen LogP contribution in [-0.4, -0.2) is 12.4 Å². The predicted octanol–water partition coefficient (Wildman–Crippen LogP) is 3.63. The largest absolute Gasteiger partial charge is 0.493 e. The minimum absolute atomic E-state index is 0.304. The van der Waals surface area contributed by atoms with Crippen LogP contribution in [0.3, 0.4) is 0 Å². The number of allylic oxidation sites excluding steroid dienone is 1. The van der Waals surface area contributed by atoms with Crippen LogP contribution in [0.25, 0.3) is 6.08 Å². The molecule has 1 rings (SSSR count). The van der Waals surface area contributed by atoms with Crippen molar-refractivity contribution in [2.75, 3.05) is 12.4 Å². The summed E-state index contributed by atoms with van der Waals surface area (Å²) in [5.41, 5.74) is 0.772. The molecule has 0 aliphatic carbocycles. The van der Waals surface area contributed by atoms with Crippen molar-refractivity contribution in [2.24, 2.45) is 0 Å². The standard InChI is InChI=1S/C11H12BrFO/c1-14-11-9(5-2-3-8-12)6-4-7-10(11)13/h2,4-7H,3,8H2,1H3. The lowest BCUT2D eigenvalue weighted by Gasteiger charge is -2.04. The summed E-state index contributed by atoms with van der Waals surface area (Å²) in [5, 5.41) is 0.904. The number of halogens is 2. The smallest absolute Gasteiger partial charge is 0.165 e. The molecule has 0 saturated heterocycles. The van der Waals surface area contributed by atoms with Gasteiger partial charge in [-0.05, 0) is 12.5 Å². The maximum absolute atomic E-state index is 13.2. The van der Waals surface area contributed by atoms with Gasteiger partial charge in [0, 0.05) is 10.9 Å². The minimum Gasteiger partial charge on any atom is -0.493 e. The van der Waals surface area contributed by atoms with Crippen LogP contribution in [0.5, 0.6) is 5.75 Å². The Morgan fingerprint density at radius 2 is 2.29 bits per heavy atom. The molecule has 3 heteroatoms. The fraction of sp³-hybridized carbons (Fsp3) is 0.273. The fourth-order valence-corrected chi connectivity index (χ4v) is 1.41. The summed E-state index contributed by atoms with van der Waals surface area (Å²) in [4.78, 5) is 0. The van der Waals surface area contributed by atoms with Gasteiger partial charge in [0.05, 0.1) is 7.11 Å². The lowest BCUT2D eigenvalue weighted by atomic mass is 10.1. The second-order valence-corrected chi connectivity index (χ2v) is 3.54. The molecule has 0 radical (unpaired) electrons. The Bertz CT molecular complexity index is 323. The third-order valence-electron chi connectivity index (χ3n) is 1.77. The number of alkyl halides is 1. The minimum atomic E-state index is -0.325. The molecule has 0 spiro atoms. The number of hydrogen-bond donors (Lipinski definition) is 0. The van der Waals surface area contributed by atoms with Gasteiger partial charge in [0.15, 0.2) is 11.6 Å². The van der Waals surface area contributed by atoms with Crippen LogP contribution in [0.15, 0.2) is 24.3 Å². The van der Waals surface area contributed by atoms with Crippen molar-refractivity contribution in [2.45, 2.75) is 6.42 Å². The first kappa shape index (κ1) is 11.2. The lowest BCUT2D eigenvalue weighted by molar-refractivity contribution is 0.385. The Kier molecular flexibility index (Phi) is 4.66. The molecule has 0 unspecified atom stereocenters. The van der Waals surface area contributed by atoms with Gasteiger partial charge in [-0.2, -0.15) is 0 Å². The van der Waals surface area contributed by atoms with Gasteiger partial charge in [0.1, 0.15) is 0 Å². The number of benzene rings is 1. The van der Waals surface area contributed by atoms with E-state index in [0.717, 1.165) is 17.3 Å². The van der Waals surface area contributed by atoms with E-state index in [9.17, 15) is 4.39 Å². The summed E-state index contributed by atoms with van der Waals surface area (Å²) >= 11 is 3.32. The average Bonchev–Trinajstić information content (AvgIpc) is 2.18. The van der Waals surface area contributed by atoms with E-state index in [1.807, 2.05) is 18.2 Å². The van der Waals surface area contributed by atoms with Crippen molar-refractivity contribution >= 4 is 22.0 Å². The van der Waals surface area contributed by atoms with Gasteiger partial charge in [-0.25, -0.2) is 4.39 Å². The molecule has 1 aromatic rings. The third-order valence-corrected chi connectivity index (χ3v) is 2.23. The highest BCUT2D eigenvalue weighted by Gasteiger charge is 2.04. The number of para-hydroxylation sites is 1. The normalized spacial score (nSPS) is 10.8. The number of rotatable bonds is 4. The Morgan fingerprint density at radius 3 is 2.93 bits per heavy atom. The Morgan fingerprint density at radius 1 is 1.50 bits per heavy atom. The van der Waals surface area contributed by atoms with Crippen molar-refractivity contribution < 1.29 is 9.13 Å². The summed E-state index contributed by atoms with van der Waals surface area (Å²) in [6, 6.07) is 4.89. The maximum Gasteiger partial charge on any atom is 0.165 e. The Labute approximate surface area is 91.7 Å². The zero-order chi connectivity index (χ0) is 10.4. The molecule has 0 N–H and O–H groups in total. The van der Waals surface area contributed by atoms with E-state index in [1.54, 1.807) is 6.07 Å². The first-order valence-electron chi connectivity index (χ1n) is 4.34. The molecule has 14 heavy (non-hydrogen) atoms. The van der Waals surface area contributed by atoms with E-state index in [0.29, 0.717) is 5.75 Å². The van der Waals surface area contributed by atoms with Crippen LogP contribution in [0.4, 0.5) is 4.39 Å². The molecule has 0 fully saturated rings. The highest BCUT2D eigenvalue weighted by atomic mass is 79.9.